The molecule has 2 aromatic carbocycles. The van der Waals surface area contributed by atoms with Crippen LogP contribution in [-0.2, 0) is 11.8 Å². The van der Waals surface area contributed by atoms with Gasteiger partial charge in [-0.1, -0.05) is 57.2 Å². The molecule has 1 aromatic heterocycles. The lowest BCUT2D eigenvalue weighted by molar-refractivity contribution is 0.0699. The number of nitrogens with one attached hydrogen (secondary N) is 1. The van der Waals surface area contributed by atoms with Crippen LogP contribution in [0.3, 0.4) is 0 Å². The van der Waals surface area contributed by atoms with Gasteiger partial charge in [-0.2, -0.15) is 0 Å². The molecule has 5 heteroatoms. The topological polar surface area (TPSA) is 66.4 Å². The summed E-state index contributed by atoms with van der Waals surface area (Å²) in [5, 5.41) is 13.0. The summed E-state index contributed by atoms with van der Waals surface area (Å²) in [6.45, 7) is 6.35. The third-order valence-electron chi connectivity index (χ3n) is 5.07. The first-order valence-corrected chi connectivity index (χ1v) is 9.96. The minimum atomic E-state index is -1.02. The van der Waals surface area contributed by atoms with E-state index in [1.54, 1.807) is 12.1 Å². The van der Waals surface area contributed by atoms with Gasteiger partial charge in [0, 0.05) is 22.4 Å². The van der Waals surface area contributed by atoms with Crippen LogP contribution in [0, 0.1) is 0 Å². The average Bonchev–Trinajstić information content (AvgIpc) is 3.16. The SMILES string of the molecule is CC(C)(C)c1ccc(C(=O)Nc2sc3c(c2C(=O)O)-c2ccccc2C3)cc1. The first-order valence-electron chi connectivity index (χ1n) is 9.15. The van der Waals surface area contributed by atoms with Crippen LogP contribution in [0.2, 0.25) is 0 Å². The number of aromatic carboxylic acids is 1. The number of benzene rings is 2. The van der Waals surface area contributed by atoms with E-state index in [1.807, 2.05) is 36.4 Å². The second-order valence-corrected chi connectivity index (χ2v) is 9.13. The monoisotopic (exact) mass is 391 g/mol. The maximum absolute atomic E-state index is 12.7. The summed E-state index contributed by atoms with van der Waals surface area (Å²) >= 11 is 1.35. The molecule has 4 rings (SSSR count). The van der Waals surface area contributed by atoms with Crippen molar-refractivity contribution in [2.24, 2.45) is 0 Å². The number of hydrogen-bond donors (Lipinski definition) is 2. The second-order valence-electron chi connectivity index (χ2n) is 8.02. The van der Waals surface area contributed by atoms with Gasteiger partial charge in [0.25, 0.3) is 5.91 Å². The first-order chi connectivity index (χ1) is 13.3. The van der Waals surface area contributed by atoms with E-state index in [2.05, 4.69) is 26.1 Å². The van der Waals surface area contributed by atoms with E-state index in [4.69, 9.17) is 0 Å². The smallest absolute Gasteiger partial charge is 0.339 e. The quantitative estimate of drug-likeness (QED) is 0.480. The Morgan fingerprint density at radius 1 is 1.04 bits per heavy atom. The van der Waals surface area contributed by atoms with Crippen LogP contribution in [0.5, 0.6) is 0 Å². The van der Waals surface area contributed by atoms with E-state index < -0.39 is 5.97 Å². The zero-order valence-corrected chi connectivity index (χ0v) is 16.8. The predicted molar refractivity (Wildman–Crippen MR) is 113 cm³/mol. The van der Waals surface area contributed by atoms with Gasteiger partial charge in [-0.25, -0.2) is 4.79 Å². The number of thiophene rings is 1. The number of carbonyl (C=O) groups excluding carboxylic acids is 1. The van der Waals surface area contributed by atoms with Crippen molar-refractivity contribution < 1.29 is 14.7 Å². The third-order valence-corrected chi connectivity index (χ3v) is 6.18. The van der Waals surface area contributed by atoms with E-state index in [0.717, 1.165) is 27.1 Å². The Labute approximate surface area is 167 Å². The molecule has 28 heavy (non-hydrogen) atoms. The molecule has 1 heterocycles. The van der Waals surface area contributed by atoms with Crippen molar-refractivity contribution in [3.8, 4) is 11.1 Å². The molecule has 142 valence electrons. The van der Waals surface area contributed by atoms with Crippen molar-refractivity contribution in [2.45, 2.75) is 32.6 Å². The van der Waals surface area contributed by atoms with Crippen molar-refractivity contribution in [2.75, 3.05) is 5.32 Å². The van der Waals surface area contributed by atoms with E-state index in [1.165, 1.54) is 11.3 Å². The van der Waals surface area contributed by atoms with Crippen molar-refractivity contribution in [1.82, 2.24) is 0 Å². The van der Waals surface area contributed by atoms with Gasteiger partial charge in [0.2, 0.25) is 0 Å². The van der Waals surface area contributed by atoms with Gasteiger partial charge >= 0.3 is 5.97 Å². The standard InChI is InChI=1S/C23H21NO3S/c1-23(2,3)15-10-8-13(9-11-15)20(25)24-21-19(22(26)27)18-16-7-5-4-6-14(16)12-17(18)28-21/h4-11H,12H2,1-3H3,(H,24,25)(H,26,27). The Kier molecular flexibility index (Phi) is 4.35. The molecule has 0 saturated heterocycles. The largest absolute Gasteiger partial charge is 0.478 e. The number of anilines is 1. The summed E-state index contributed by atoms with van der Waals surface area (Å²) < 4.78 is 0. The Morgan fingerprint density at radius 3 is 2.36 bits per heavy atom. The van der Waals surface area contributed by atoms with Gasteiger partial charge in [-0.05, 0) is 34.2 Å². The summed E-state index contributed by atoms with van der Waals surface area (Å²) in [6, 6.07) is 15.3. The summed E-state index contributed by atoms with van der Waals surface area (Å²) in [5.41, 5.74) is 4.66. The number of rotatable bonds is 3. The molecule has 0 fully saturated rings. The molecule has 0 spiro atoms. The van der Waals surface area contributed by atoms with Gasteiger partial charge in [-0.15, -0.1) is 11.3 Å². The number of carboxylic acids is 1. The molecular weight excluding hydrogens is 370 g/mol. The predicted octanol–water partition coefficient (Wildman–Crippen LogP) is 5.57. The molecular formula is C23H21NO3S. The minimum Gasteiger partial charge on any atom is -0.478 e. The molecule has 2 N–H and O–H groups in total. The molecule has 0 saturated carbocycles. The van der Waals surface area contributed by atoms with E-state index in [0.29, 0.717) is 17.0 Å². The Balaban J connectivity index is 1.67. The normalized spacial score (nSPS) is 12.4. The molecule has 0 radical (unpaired) electrons. The fourth-order valence-electron chi connectivity index (χ4n) is 3.57. The van der Waals surface area contributed by atoms with Gasteiger partial charge in [0.1, 0.15) is 10.6 Å². The number of amides is 1. The molecule has 4 nitrogen and oxygen atoms in total. The molecule has 0 unspecified atom stereocenters. The molecule has 1 aliphatic rings. The van der Waals surface area contributed by atoms with E-state index in [9.17, 15) is 14.7 Å². The van der Waals surface area contributed by atoms with Gasteiger partial charge in [0.15, 0.2) is 0 Å². The van der Waals surface area contributed by atoms with Crippen LogP contribution in [0.25, 0.3) is 11.1 Å². The Morgan fingerprint density at radius 2 is 1.71 bits per heavy atom. The zero-order chi connectivity index (χ0) is 20.1. The van der Waals surface area contributed by atoms with Gasteiger partial charge in [-0.3, -0.25) is 4.79 Å². The highest BCUT2D eigenvalue weighted by Gasteiger charge is 2.31. The van der Waals surface area contributed by atoms with Crippen LogP contribution >= 0.6 is 11.3 Å². The molecule has 3 aromatic rings. The highest BCUT2D eigenvalue weighted by atomic mass is 32.1. The molecule has 1 amide bonds. The van der Waals surface area contributed by atoms with E-state index >= 15 is 0 Å². The molecule has 0 bridgehead atoms. The lowest BCUT2D eigenvalue weighted by Crippen LogP contribution is -2.15. The fraction of sp³-hybridized carbons (Fsp3) is 0.217. The maximum atomic E-state index is 12.7. The highest BCUT2D eigenvalue weighted by Crippen LogP contribution is 2.47. The van der Waals surface area contributed by atoms with Crippen molar-refractivity contribution in [3.63, 3.8) is 0 Å². The number of carboxylic acid groups (broad SMARTS) is 1. The van der Waals surface area contributed by atoms with Crippen molar-refractivity contribution in [3.05, 3.63) is 75.7 Å². The summed E-state index contributed by atoms with van der Waals surface area (Å²) in [5.74, 6) is -1.32. The van der Waals surface area contributed by atoms with Crippen molar-refractivity contribution >= 4 is 28.2 Å². The first kappa shape index (κ1) is 18.4. The van der Waals surface area contributed by atoms with Crippen LogP contribution in [0.4, 0.5) is 5.00 Å². The van der Waals surface area contributed by atoms with Gasteiger partial charge in [0.05, 0.1) is 0 Å². The van der Waals surface area contributed by atoms with Crippen LogP contribution in [0.1, 0.15) is 57.5 Å². The third kappa shape index (κ3) is 3.12. The average molecular weight is 391 g/mol. The zero-order valence-electron chi connectivity index (χ0n) is 16.0. The van der Waals surface area contributed by atoms with Gasteiger partial charge < -0.3 is 10.4 Å². The Hall–Kier alpha value is -2.92. The minimum absolute atomic E-state index is 0.00737. The molecule has 1 aliphatic carbocycles. The maximum Gasteiger partial charge on any atom is 0.339 e. The highest BCUT2D eigenvalue weighted by molar-refractivity contribution is 7.17. The summed E-state index contributed by atoms with van der Waals surface area (Å²) in [4.78, 5) is 25.7. The number of hydrogen-bond acceptors (Lipinski definition) is 3. The summed E-state index contributed by atoms with van der Waals surface area (Å²) in [6.07, 6.45) is 0.701. The number of fused-ring (bicyclic) bond motifs is 3. The van der Waals surface area contributed by atoms with Crippen LogP contribution < -0.4 is 5.32 Å². The van der Waals surface area contributed by atoms with E-state index in [-0.39, 0.29) is 16.9 Å². The van der Waals surface area contributed by atoms with Crippen molar-refractivity contribution in [1.29, 1.82) is 0 Å². The molecule has 0 aliphatic heterocycles. The lowest BCUT2D eigenvalue weighted by Gasteiger charge is -2.19. The summed E-state index contributed by atoms with van der Waals surface area (Å²) in [7, 11) is 0. The lowest BCUT2D eigenvalue weighted by atomic mass is 9.87. The fourth-order valence-corrected chi connectivity index (χ4v) is 4.79. The Bertz CT molecular complexity index is 1090. The second kappa shape index (κ2) is 6.60. The van der Waals surface area contributed by atoms with Crippen LogP contribution in [-0.4, -0.2) is 17.0 Å². The molecule has 0 atom stereocenters. The van der Waals surface area contributed by atoms with Crippen LogP contribution in [0.15, 0.2) is 48.5 Å². The number of carbonyl (C=O) groups is 2.